The highest BCUT2D eigenvalue weighted by Crippen LogP contribution is 2.39. The summed E-state index contributed by atoms with van der Waals surface area (Å²) in [6.45, 7) is 4.70. The molecule has 2 saturated heterocycles. The van der Waals surface area contributed by atoms with Gasteiger partial charge in [0.25, 0.3) is 0 Å². The summed E-state index contributed by atoms with van der Waals surface area (Å²) in [4.78, 5) is 0.333. The Kier molecular flexibility index (Phi) is 3.65. The number of piperidine rings is 1. The molecule has 1 aromatic carbocycles. The molecule has 0 N–H and O–H groups in total. The molecule has 0 aromatic heterocycles. The van der Waals surface area contributed by atoms with Crippen molar-refractivity contribution in [2.75, 3.05) is 6.54 Å². The van der Waals surface area contributed by atoms with Gasteiger partial charge in [0.05, 0.1) is 4.90 Å². The molecule has 20 heavy (non-hydrogen) atoms. The van der Waals surface area contributed by atoms with Crippen LogP contribution in [0, 0.1) is 5.92 Å². The van der Waals surface area contributed by atoms with Gasteiger partial charge in [-0.25, -0.2) is 8.42 Å². The van der Waals surface area contributed by atoms with E-state index in [0.29, 0.717) is 22.4 Å². The van der Waals surface area contributed by atoms with E-state index in [1.165, 1.54) is 5.57 Å². The normalized spacial score (nSPS) is 27.6. The van der Waals surface area contributed by atoms with Crippen molar-refractivity contribution in [3.8, 4) is 0 Å². The van der Waals surface area contributed by atoms with Crippen molar-refractivity contribution in [2.45, 2.75) is 36.6 Å². The molecule has 3 fully saturated rings. The number of nitrogens with zero attached hydrogens (tertiary/aromatic N) is 1. The van der Waals surface area contributed by atoms with Gasteiger partial charge in [0.15, 0.2) is 0 Å². The molecule has 3 nitrogen and oxygen atoms in total. The average molecular weight is 312 g/mol. The van der Waals surface area contributed by atoms with Gasteiger partial charge in [-0.05, 0) is 49.4 Å². The van der Waals surface area contributed by atoms with Crippen LogP contribution in [0.5, 0.6) is 0 Å². The second-order valence-electron chi connectivity index (χ2n) is 5.67. The fraction of sp³-hybridized carbons (Fsp3) is 0.467. The molecule has 0 spiro atoms. The van der Waals surface area contributed by atoms with Gasteiger partial charge in [0, 0.05) is 17.6 Å². The Balaban J connectivity index is 1.95. The van der Waals surface area contributed by atoms with Crippen molar-refractivity contribution in [1.29, 1.82) is 0 Å². The first-order chi connectivity index (χ1) is 9.48. The molecule has 2 bridgehead atoms. The summed E-state index contributed by atoms with van der Waals surface area (Å²) in [6.07, 6.45) is 3.88. The number of rotatable bonds is 2. The lowest BCUT2D eigenvalue weighted by molar-refractivity contribution is 0.265. The molecule has 0 amide bonds. The predicted octanol–water partition coefficient (Wildman–Crippen LogP) is 3.46. The van der Waals surface area contributed by atoms with Crippen LogP contribution in [0.3, 0.4) is 0 Å². The fourth-order valence-corrected chi connectivity index (χ4v) is 5.07. The first-order valence-corrected chi connectivity index (χ1v) is 8.75. The number of sulfonamides is 1. The Labute approximate surface area is 125 Å². The third kappa shape index (κ3) is 2.41. The van der Waals surface area contributed by atoms with E-state index in [1.54, 1.807) is 28.6 Å². The van der Waals surface area contributed by atoms with Gasteiger partial charge >= 0.3 is 0 Å². The van der Waals surface area contributed by atoms with E-state index in [1.807, 2.05) is 0 Å². The van der Waals surface area contributed by atoms with E-state index in [9.17, 15) is 8.42 Å². The number of benzene rings is 1. The highest BCUT2D eigenvalue weighted by Gasteiger charge is 2.40. The van der Waals surface area contributed by atoms with Gasteiger partial charge in [0.2, 0.25) is 10.0 Å². The van der Waals surface area contributed by atoms with Gasteiger partial charge in [-0.1, -0.05) is 30.2 Å². The number of hydrogen-bond acceptors (Lipinski definition) is 2. The van der Waals surface area contributed by atoms with Crippen molar-refractivity contribution in [3.05, 3.63) is 41.4 Å². The van der Waals surface area contributed by atoms with Crippen molar-refractivity contribution in [2.24, 2.45) is 5.92 Å². The first kappa shape index (κ1) is 14.1. The van der Waals surface area contributed by atoms with E-state index in [4.69, 9.17) is 11.6 Å². The zero-order valence-electron chi connectivity index (χ0n) is 11.3. The topological polar surface area (TPSA) is 37.4 Å². The molecule has 108 valence electrons. The SMILES string of the molecule is C=C1CC2CCCC1CN2S(=O)(=O)c1ccc(Cl)cc1. The Morgan fingerprint density at radius 3 is 2.60 bits per heavy atom. The molecule has 1 aliphatic carbocycles. The smallest absolute Gasteiger partial charge is 0.207 e. The van der Waals surface area contributed by atoms with Gasteiger partial charge in [0.1, 0.15) is 0 Å². The molecule has 2 aliphatic heterocycles. The van der Waals surface area contributed by atoms with Crippen LogP contribution < -0.4 is 0 Å². The van der Waals surface area contributed by atoms with Crippen LogP contribution >= 0.6 is 11.6 Å². The molecule has 1 saturated carbocycles. The average Bonchev–Trinajstić information content (AvgIpc) is 2.72. The second-order valence-corrected chi connectivity index (χ2v) is 8.00. The highest BCUT2D eigenvalue weighted by atomic mass is 35.5. The lowest BCUT2D eigenvalue weighted by Crippen LogP contribution is -2.45. The minimum Gasteiger partial charge on any atom is -0.207 e. The molecule has 5 heteroatoms. The molecular weight excluding hydrogens is 294 g/mol. The Hall–Kier alpha value is -0.840. The quantitative estimate of drug-likeness (QED) is 0.784. The molecule has 3 aliphatic rings. The maximum absolute atomic E-state index is 12.8. The van der Waals surface area contributed by atoms with E-state index < -0.39 is 10.0 Å². The van der Waals surface area contributed by atoms with Crippen molar-refractivity contribution in [1.82, 2.24) is 4.31 Å². The van der Waals surface area contributed by atoms with Crippen molar-refractivity contribution in [3.63, 3.8) is 0 Å². The number of halogens is 1. The third-order valence-corrected chi connectivity index (χ3v) is 6.58. The van der Waals surface area contributed by atoms with E-state index >= 15 is 0 Å². The van der Waals surface area contributed by atoms with Gasteiger partial charge in [-0.3, -0.25) is 0 Å². The van der Waals surface area contributed by atoms with Crippen molar-refractivity contribution < 1.29 is 8.42 Å². The fourth-order valence-electron chi connectivity index (χ4n) is 3.24. The molecular formula is C15H18ClNO2S. The lowest BCUT2D eigenvalue weighted by atomic mass is 9.92. The highest BCUT2D eigenvalue weighted by molar-refractivity contribution is 7.89. The van der Waals surface area contributed by atoms with E-state index in [0.717, 1.165) is 25.7 Å². The summed E-state index contributed by atoms with van der Waals surface area (Å²) in [5.41, 5.74) is 1.22. The molecule has 0 radical (unpaired) electrons. The monoisotopic (exact) mass is 311 g/mol. The zero-order valence-corrected chi connectivity index (χ0v) is 12.8. The minimum atomic E-state index is -3.42. The Morgan fingerprint density at radius 2 is 1.90 bits per heavy atom. The Morgan fingerprint density at radius 1 is 1.20 bits per heavy atom. The van der Waals surface area contributed by atoms with Gasteiger partial charge in [-0.2, -0.15) is 4.31 Å². The summed E-state index contributed by atoms with van der Waals surface area (Å²) in [6, 6.07) is 6.50. The summed E-state index contributed by atoms with van der Waals surface area (Å²) in [5, 5.41) is 0.551. The van der Waals surface area contributed by atoms with E-state index in [-0.39, 0.29) is 6.04 Å². The third-order valence-electron chi connectivity index (χ3n) is 4.39. The zero-order chi connectivity index (χ0) is 14.3. The van der Waals surface area contributed by atoms with Crippen LogP contribution in [-0.2, 0) is 10.0 Å². The van der Waals surface area contributed by atoms with E-state index in [2.05, 4.69) is 6.58 Å². The number of fused-ring (bicyclic) bond motifs is 4. The second kappa shape index (κ2) is 5.17. The lowest BCUT2D eigenvalue weighted by Gasteiger charge is -2.37. The standard InChI is InChI=1S/C15H18ClNO2S/c1-11-9-14-4-2-3-12(11)10-17(14)20(18,19)15-7-5-13(16)6-8-15/h5-8,12,14H,1-4,9-10H2. The predicted molar refractivity (Wildman–Crippen MR) is 80.2 cm³/mol. The Bertz CT molecular complexity index is 624. The van der Waals surface area contributed by atoms with Gasteiger partial charge in [-0.15, -0.1) is 0 Å². The summed E-state index contributed by atoms with van der Waals surface area (Å²) in [5.74, 6) is 0.316. The largest absolute Gasteiger partial charge is 0.243 e. The van der Waals surface area contributed by atoms with Crippen LogP contribution in [0.1, 0.15) is 25.7 Å². The van der Waals surface area contributed by atoms with Crippen molar-refractivity contribution >= 4 is 21.6 Å². The van der Waals surface area contributed by atoms with Gasteiger partial charge < -0.3 is 0 Å². The maximum atomic E-state index is 12.8. The summed E-state index contributed by atoms with van der Waals surface area (Å²) in [7, 11) is -3.42. The minimum absolute atomic E-state index is 0.0712. The molecule has 4 rings (SSSR count). The maximum Gasteiger partial charge on any atom is 0.243 e. The van der Waals surface area contributed by atoms with Crippen LogP contribution in [0.15, 0.2) is 41.3 Å². The molecule has 2 atom stereocenters. The summed E-state index contributed by atoms with van der Waals surface area (Å²) >= 11 is 5.84. The van der Waals surface area contributed by atoms with Crippen LogP contribution in [0.2, 0.25) is 5.02 Å². The van der Waals surface area contributed by atoms with Crippen LogP contribution in [0.4, 0.5) is 0 Å². The number of hydrogen-bond donors (Lipinski definition) is 0. The molecule has 1 aromatic rings. The summed E-state index contributed by atoms with van der Waals surface area (Å²) < 4.78 is 27.3. The molecule has 2 heterocycles. The first-order valence-electron chi connectivity index (χ1n) is 6.93. The van der Waals surface area contributed by atoms with Crippen LogP contribution in [0.25, 0.3) is 0 Å². The molecule has 2 unspecified atom stereocenters. The van der Waals surface area contributed by atoms with Crippen LogP contribution in [-0.4, -0.2) is 25.3 Å².